The summed E-state index contributed by atoms with van der Waals surface area (Å²) in [5, 5.41) is 0. The monoisotopic (exact) mass is 252 g/mol. The lowest BCUT2D eigenvalue weighted by Gasteiger charge is -2.05. The highest BCUT2D eigenvalue weighted by molar-refractivity contribution is 8.00. The first-order valence-electron chi connectivity index (χ1n) is 5.99. The quantitative estimate of drug-likeness (QED) is 0.438. The average Bonchev–Trinajstić information content (AvgIpc) is 2.31. The average molecular weight is 252 g/mol. The number of ether oxygens (including phenoxy) is 1. The number of esters is 1. The highest BCUT2D eigenvalue weighted by Gasteiger charge is 2.04. The molecule has 0 spiro atoms. The second-order valence-corrected chi connectivity index (χ2v) is 5.16. The molecule has 0 radical (unpaired) electrons. The van der Waals surface area contributed by atoms with Crippen LogP contribution in [-0.4, -0.2) is 18.3 Å². The Labute approximate surface area is 108 Å². The number of carbonyl (C=O) groups excluding carboxylic acids is 1. The second-order valence-electron chi connectivity index (χ2n) is 4.11. The van der Waals surface area contributed by atoms with Gasteiger partial charge in [0.15, 0.2) is 0 Å². The Morgan fingerprint density at radius 2 is 2.06 bits per heavy atom. The van der Waals surface area contributed by atoms with Gasteiger partial charge in [-0.05, 0) is 43.5 Å². The normalized spacial score (nSPS) is 10.3. The minimum absolute atomic E-state index is 0.123. The van der Waals surface area contributed by atoms with E-state index in [1.54, 1.807) is 0 Å². The summed E-state index contributed by atoms with van der Waals surface area (Å²) in [6, 6.07) is 6.24. The van der Waals surface area contributed by atoms with E-state index in [1.807, 2.05) is 6.07 Å². The Morgan fingerprint density at radius 3 is 2.71 bits per heavy atom. The standard InChI is InChI=1S/C14H20O2S/c1-4-5-8-16-14(15)10-17-13-7-6-11(2)12(3)9-13/h6-7,9H,4-5,8,10H2,1-3H3. The van der Waals surface area contributed by atoms with Gasteiger partial charge in [-0.25, -0.2) is 0 Å². The third kappa shape index (κ3) is 5.26. The fraction of sp³-hybridized carbons (Fsp3) is 0.500. The van der Waals surface area contributed by atoms with Crippen molar-refractivity contribution < 1.29 is 9.53 Å². The molecule has 0 heterocycles. The Balaban J connectivity index is 2.34. The molecule has 1 rings (SSSR count). The molecule has 2 nitrogen and oxygen atoms in total. The van der Waals surface area contributed by atoms with E-state index in [-0.39, 0.29) is 5.97 Å². The van der Waals surface area contributed by atoms with Crippen LogP contribution in [-0.2, 0) is 9.53 Å². The van der Waals surface area contributed by atoms with Crippen molar-refractivity contribution >= 4 is 17.7 Å². The van der Waals surface area contributed by atoms with Crippen molar-refractivity contribution in [2.45, 2.75) is 38.5 Å². The van der Waals surface area contributed by atoms with Crippen LogP contribution in [0.4, 0.5) is 0 Å². The summed E-state index contributed by atoms with van der Waals surface area (Å²) in [6.45, 7) is 6.79. The summed E-state index contributed by atoms with van der Waals surface area (Å²) in [5.74, 6) is 0.272. The molecule has 1 aromatic rings. The van der Waals surface area contributed by atoms with E-state index >= 15 is 0 Å². The van der Waals surface area contributed by atoms with Gasteiger partial charge in [0.1, 0.15) is 0 Å². The van der Waals surface area contributed by atoms with Crippen molar-refractivity contribution in [3.8, 4) is 0 Å². The molecule has 0 aromatic heterocycles. The fourth-order valence-electron chi connectivity index (χ4n) is 1.32. The smallest absolute Gasteiger partial charge is 0.316 e. The molecule has 0 bridgehead atoms. The first kappa shape index (κ1) is 14.1. The van der Waals surface area contributed by atoms with Crippen LogP contribution in [0.25, 0.3) is 0 Å². The molecule has 0 aliphatic heterocycles. The number of aryl methyl sites for hydroxylation is 2. The highest BCUT2D eigenvalue weighted by Crippen LogP contribution is 2.21. The number of unbranched alkanes of at least 4 members (excludes halogenated alkanes) is 1. The minimum atomic E-state index is -0.123. The van der Waals surface area contributed by atoms with Crippen LogP contribution in [0.3, 0.4) is 0 Å². The van der Waals surface area contributed by atoms with Crippen molar-refractivity contribution in [1.82, 2.24) is 0 Å². The van der Waals surface area contributed by atoms with E-state index in [9.17, 15) is 4.79 Å². The second kappa shape index (κ2) is 7.38. The summed E-state index contributed by atoms with van der Waals surface area (Å²) in [6.07, 6.45) is 2.00. The molecule has 0 aliphatic rings. The van der Waals surface area contributed by atoms with Crippen LogP contribution < -0.4 is 0 Å². The molecule has 1 aromatic carbocycles. The molecule has 0 amide bonds. The van der Waals surface area contributed by atoms with Gasteiger partial charge in [0.05, 0.1) is 12.4 Å². The van der Waals surface area contributed by atoms with Gasteiger partial charge in [-0.1, -0.05) is 19.4 Å². The fourth-order valence-corrected chi connectivity index (χ4v) is 2.11. The van der Waals surface area contributed by atoms with Crippen molar-refractivity contribution in [3.05, 3.63) is 29.3 Å². The molecule has 3 heteroatoms. The van der Waals surface area contributed by atoms with Gasteiger partial charge in [0.2, 0.25) is 0 Å². The molecule has 94 valence electrons. The van der Waals surface area contributed by atoms with Gasteiger partial charge in [-0.3, -0.25) is 4.79 Å². The summed E-state index contributed by atoms with van der Waals surface area (Å²) >= 11 is 1.53. The van der Waals surface area contributed by atoms with Crippen LogP contribution in [0.1, 0.15) is 30.9 Å². The van der Waals surface area contributed by atoms with Crippen molar-refractivity contribution in [2.75, 3.05) is 12.4 Å². The zero-order valence-corrected chi connectivity index (χ0v) is 11.6. The van der Waals surface area contributed by atoms with Gasteiger partial charge < -0.3 is 4.74 Å². The van der Waals surface area contributed by atoms with E-state index in [1.165, 1.54) is 22.9 Å². The van der Waals surface area contributed by atoms with Crippen molar-refractivity contribution in [3.63, 3.8) is 0 Å². The lowest BCUT2D eigenvalue weighted by Crippen LogP contribution is -2.08. The SMILES string of the molecule is CCCCOC(=O)CSc1ccc(C)c(C)c1. The van der Waals surface area contributed by atoms with Gasteiger partial charge >= 0.3 is 5.97 Å². The van der Waals surface area contributed by atoms with E-state index < -0.39 is 0 Å². The molecule has 0 saturated carbocycles. The number of hydrogen-bond acceptors (Lipinski definition) is 3. The van der Waals surface area contributed by atoms with Crippen LogP contribution in [0, 0.1) is 13.8 Å². The van der Waals surface area contributed by atoms with E-state index in [4.69, 9.17) is 4.74 Å². The summed E-state index contributed by atoms with van der Waals surface area (Å²) in [5.41, 5.74) is 2.54. The number of thioether (sulfide) groups is 1. The van der Waals surface area contributed by atoms with Crippen LogP contribution in [0.15, 0.2) is 23.1 Å². The first-order chi connectivity index (χ1) is 8.13. The van der Waals surface area contributed by atoms with E-state index in [0.717, 1.165) is 17.7 Å². The van der Waals surface area contributed by atoms with Gasteiger partial charge in [-0.2, -0.15) is 0 Å². The van der Waals surface area contributed by atoms with Gasteiger partial charge in [0, 0.05) is 4.90 Å². The molecule has 0 saturated heterocycles. The minimum Gasteiger partial charge on any atom is -0.465 e. The third-order valence-corrected chi connectivity index (χ3v) is 3.56. The van der Waals surface area contributed by atoms with Crippen LogP contribution in [0.5, 0.6) is 0 Å². The molecule has 0 aliphatic carbocycles. The number of rotatable bonds is 6. The number of hydrogen-bond donors (Lipinski definition) is 0. The summed E-state index contributed by atoms with van der Waals surface area (Å²) < 4.78 is 5.10. The molecular weight excluding hydrogens is 232 g/mol. The maximum Gasteiger partial charge on any atom is 0.316 e. The van der Waals surface area contributed by atoms with Gasteiger partial charge in [-0.15, -0.1) is 11.8 Å². The zero-order chi connectivity index (χ0) is 12.7. The van der Waals surface area contributed by atoms with Gasteiger partial charge in [0.25, 0.3) is 0 Å². The van der Waals surface area contributed by atoms with Crippen molar-refractivity contribution in [1.29, 1.82) is 0 Å². The van der Waals surface area contributed by atoms with Crippen LogP contribution >= 0.6 is 11.8 Å². The third-order valence-electron chi connectivity index (χ3n) is 2.60. The highest BCUT2D eigenvalue weighted by atomic mass is 32.2. The Hall–Kier alpha value is -0.960. The van der Waals surface area contributed by atoms with Crippen LogP contribution in [0.2, 0.25) is 0 Å². The molecule has 0 fully saturated rings. The summed E-state index contributed by atoms with van der Waals surface area (Å²) in [7, 11) is 0. The van der Waals surface area contributed by atoms with E-state index in [0.29, 0.717) is 12.4 Å². The predicted molar refractivity (Wildman–Crippen MR) is 72.5 cm³/mol. The Morgan fingerprint density at radius 1 is 1.29 bits per heavy atom. The van der Waals surface area contributed by atoms with E-state index in [2.05, 4.69) is 32.9 Å². The summed E-state index contributed by atoms with van der Waals surface area (Å²) in [4.78, 5) is 12.5. The topological polar surface area (TPSA) is 26.3 Å². The number of benzene rings is 1. The Bertz CT molecular complexity index is 374. The Kier molecular flexibility index (Phi) is 6.12. The number of carbonyl (C=O) groups is 1. The molecule has 0 unspecified atom stereocenters. The predicted octanol–water partition coefficient (Wildman–Crippen LogP) is 3.74. The molecule has 0 atom stereocenters. The largest absolute Gasteiger partial charge is 0.465 e. The van der Waals surface area contributed by atoms with Crippen molar-refractivity contribution in [2.24, 2.45) is 0 Å². The lowest BCUT2D eigenvalue weighted by molar-refractivity contribution is -0.140. The first-order valence-corrected chi connectivity index (χ1v) is 6.97. The maximum absolute atomic E-state index is 11.4. The molecule has 0 N–H and O–H groups in total. The zero-order valence-electron chi connectivity index (χ0n) is 10.8. The maximum atomic E-state index is 11.4. The molecular formula is C14H20O2S. The molecule has 17 heavy (non-hydrogen) atoms. The lowest BCUT2D eigenvalue weighted by atomic mass is 10.1.